The highest BCUT2D eigenvalue weighted by molar-refractivity contribution is 7.91. The van der Waals surface area contributed by atoms with Gasteiger partial charge in [-0.15, -0.1) is 0 Å². The molecule has 0 heterocycles. The van der Waals surface area contributed by atoms with Gasteiger partial charge in [-0.05, 0) is 67.7 Å². The summed E-state index contributed by atoms with van der Waals surface area (Å²) in [5.74, 6) is 0. The number of ether oxygens (including phenoxy) is 1. The zero-order valence-electron chi connectivity index (χ0n) is 14.7. The van der Waals surface area contributed by atoms with Crippen LogP contribution in [0.4, 0.5) is 4.79 Å². The first kappa shape index (κ1) is 17.6. The van der Waals surface area contributed by atoms with Crippen molar-refractivity contribution < 1.29 is 14.1 Å². The predicted octanol–water partition coefficient (Wildman–Crippen LogP) is 3.36. The van der Waals surface area contributed by atoms with Crippen LogP contribution in [0.1, 0.15) is 67.7 Å². The normalized spacial score (nSPS) is 32.6. The summed E-state index contributed by atoms with van der Waals surface area (Å²) in [5.41, 5.74) is 0.374. The lowest BCUT2D eigenvalue weighted by molar-refractivity contribution is -0.0996. The average Bonchev–Trinajstić information content (AvgIpc) is 2.16. The second-order valence-electron chi connectivity index (χ2n) is 8.76. The van der Waals surface area contributed by atoms with Crippen LogP contribution in [-0.2, 0) is 16.1 Å². The molecule has 1 N–H and O–H groups in total. The minimum Gasteiger partial charge on any atom is -0.591 e. The van der Waals surface area contributed by atoms with Gasteiger partial charge in [-0.25, -0.2) is 4.79 Å². The predicted molar refractivity (Wildman–Crippen MR) is 89.4 cm³/mol. The van der Waals surface area contributed by atoms with Gasteiger partial charge >= 0.3 is 6.09 Å². The number of hydrogen-bond donors (Lipinski definition) is 1. The van der Waals surface area contributed by atoms with Crippen LogP contribution < -0.4 is 5.32 Å². The van der Waals surface area contributed by atoms with E-state index in [-0.39, 0.29) is 21.8 Å². The third-order valence-corrected chi connectivity index (χ3v) is 5.80. The summed E-state index contributed by atoms with van der Waals surface area (Å²) in [4.78, 5) is 11.9. The Bertz CT molecular complexity index is 483. The molecule has 2 bridgehead atoms. The Hall–Kier alpha value is -0.750. The largest absolute Gasteiger partial charge is 0.591 e. The lowest BCUT2D eigenvalue weighted by atomic mass is 9.38. The van der Waals surface area contributed by atoms with Crippen LogP contribution in [0.25, 0.3) is 0 Å². The highest BCUT2D eigenvalue weighted by Crippen LogP contribution is 2.68. The van der Waals surface area contributed by atoms with Gasteiger partial charge in [0.05, 0.1) is 5.71 Å². The standard InChI is InChI=1S/C16H28N2O3S/c1-11(18-22(20)14(5,6)7)15-8-16(9-15,10-15)17-12(19)21-13(2,3)4/h8-10H2,1-7H3,(H,17,19)/b18-11+/t15?,16?,22-/m1/s1. The van der Waals surface area contributed by atoms with Crippen molar-refractivity contribution in [1.29, 1.82) is 0 Å². The fourth-order valence-electron chi connectivity index (χ4n) is 3.18. The van der Waals surface area contributed by atoms with Crippen LogP contribution in [0.5, 0.6) is 0 Å². The van der Waals surface area contributed by atoms with Gasteiger partial charge in [0.2, 0.25) is 0 Å². The molecule has 0 saturated heterocycles. The maximum atomic E-state index is 12.1. The topological polar surface area (TPSA) is 73.8 Å². The van der Waals surface area contributed by atoms with E-state index in [1.807, 2.05) is 48.5 Å². The van der Waals surface area contributed by atoms with Crippen LogP contribution in [-0.4, -0.2) is 32.2 Å². The lowest BCUT2D eigenvalue weighted by Crippen LogP contribution is -2.77. The number of carbonyl (C=O) groups is 1. The second-order valence-corrected chi connectivity index (χ2v) is 10.7. The van der Waals surface area contributed by atoms with E-state index in [4.69, 9.17) is 4.74 Å². The molecule has 3 aliphatic rings. The molecule has 126 valence electrons. The third kappa shape index (κ3) is 3.43. The first-order valence-corrected chi connectivity index (χ1v) is 8.87. The molecule has 3 aliphatic carbocycles. The fraction of sp³-hybridized carbons (Fsp3) is 0.875. The molecule has 0 aromatic carbocycles. The Morgan fingerprint density at radius 1 is 1.18 bits per heavy atom. The van der Waals surface area contributed by atoms with E-state index in [9.17, 15) is 9.35 Å². The number of carbonyl (C=O) groups excluding carboxylic acids is 1. The summed E-state index contributed by atoms with van der Waals surface area (Å²) >= 11 is -1.22. The highest BCUT2D eigenvalue weighted by atomic mass is 32.2. The van der Waals surface area contributed by atoms with Gasteiger partial charge in [0.1, 0.15) is 21.7 Å². The number of nitrogens with one attached hydrogen (secondary N) is 1. The first-order chi connectivity index (χ1) is 9.77. The molecule has 5 nitrogen and oxygen atoms in total. The molecular formula is C16H28N2O3S. The van der Waals surface area contributed by atoms with E-state index in [1.165, 1.54) is 0 Å². The molecule has 3 fully saturated rings. The average molecular weight is 328 g/mol. The summed E-state index contributed by atoms with van der Waals surface area (Å²) < 4.78 is 21.5. The van der Waals surface area contributed by atoms with E-state index in [2.05, 4.69) is 9.71 Å². The van der Waals surface area contributed by atoms with Crippen LogP contribution in [0.15, 0.2) is 4.40 Å². The van der Waals surface area contributed by atoms with Crippen LogP contribution in [0.3, 0.4) is 0 Å². The number of alkyl carbamates (subject to hydrolysis) is 1. The van der Waals surface area contributed by atoms with Crippen LogP contribution >= 0.6 is 0 Å². The van der Waals surface area contributed by atoms with Crippen LogP contribution in [0, 0.1) is 5.41 Å². The maximum absolute atomic E-state index is 12.1. The SMILES string of the molecule is C/C(=N\[S@+]([O-])C(C)(C)C)C12CC(NC(=O)OC(C)(C)C)(C1)C2. The summed E-state index contributed by atoms with van der Waals surface area (Å²) in [5, 5.41) is 2.99. The van der Waals surface area contributed by atoms with Crippen molar-refractivity contribution in [3.8, 4) is 0 Å². The van der Waals surface area contributed by atoms with Crippen molar-refractivity contribution in [2.45, 2.75) is 83.6 Å². The minimum atomic E-state index is -1.22. The first-order valence-electron chi connectivity index (χ1n) is 7.76. The smallest absolute Gasteiger partial charge is 0.408 e. The molecule has 1 amide bonds. The number of hydrogen-bond acceptors (Lipinski definition) is 4. The number of nitrogens with zero attached hydrogens (tertiary/aromatic N) is 1. The summed E-state index contributed by atoms with van der Waals surface area (Å²) in [7, 11) is 0. The molecule has 0 aromatic heterocycles. The zero-order valence-corrected chi connectivity index (χ0v) is 15.5. The lowest BCUT2D eigenvalue weighted by Gasteiger charge is -2.69. The summed E-state index contributed by atoms with van der Waals surface area (Å²) in [6.45, 7) is 13.3. The Labute approximate surface area is 136 Å². The minimum absolute atomic E-state index is 0.0376. The maximum Gasteiger partial charge on any atom is 0.408 e. The molecule has 22 heavy (non-hydrogen) atoms. The van der Waals surface area contributed by atoms with E-state index < -0.39 is 17.0 Å². The number of rotatable bonds is 3. The molecule has 1 atom stereocenters. The molecule has 3 saturated carbocycles. The molecule has 6 heteroatoms. The second kappa shape index (κ2) is 5.13. The van der Waals surface area contributed by atoms with Gasteiger partial charge in [-0.2, -0.15) is 0 Å². The Balaban J connectivity index is 1.89. The highest BCUT2D eigenvalue weighted by Gasteiger charge is 2.70. The molecule has 0 radical (unpaired) electrons. The Morgan fingerprint density at radius 2 is 1.68 bits per heavy atom. The van der Waals surface area contributed by atoms with Gasteiger partial charge in [0.25, 0.3) is 0 Å². The number of amides is 1. The van der Waals surface area contributed by atoms with Crippen molar-refractivity contribution in [1.82, 2.24) is 5.32 Å². The van der Waals surface area contributed by atoms with Gasteiger partial charge in [-0.1, -0.05) is 4.40 Å². The van der Waals surface area contributed by atoms with E-state index >= 15 is 0 Å². The van der Waals surface area contributed by atoms with Crippen molar-refractivity contribution in [3.63, 3.8) is 0 Å². The Morgan fingerprint density at radius 3 is 2.09 bits per heavy atom. The van der Waals surface area contributed by atoms with Crippen molar-refractivity contribution in [3.05, 3.63) is 0 Å². The molecule has 3 rings (SSSR count). The van der Waals surface area contributed by atoms with E-state index in [0.717, 1.165) is 25.0 Å². The van der Waals surface area contributed by atoms with Gasteiger partial charge in [0, 0.05) is 11.0 Å². The van der Waals surface area contributed by atoms with Gasteiger partial charge in [-0.3, -0.25) is 0 Å². The summed E-state index contributed by atoms with van der Waals surface area (Å²) in [6, 6.07) is 0. The fourth-order valence-corrected chi connectivity index (χ4v) is 3.90. The molecule has 0 unspecified atom stereocenters. The van der Waals surface area contributed by atoms with Gasteiger partial charge in [0.15, 0.2) is 0 Å². The third-order valence-electron chi connectivity index (χ3n) is 4.31. The molecule has 0 spiro atoms. The molecule has 0 aliphatic heterocycles. The molecular weight excluding hydrogens is 300 g/mol. The van der Waals surface area contributed by atoms with E-state index in [1.54, 1.807) is 0 Å². The van der Waals surface area contributed by atoms with Crippen molar-refractivity contribution >= 4 is 23.2 Å². The van der Waals surface area contributed by atoms with E-state index in [0.29, 0.717) is 0 Å². The van der Waals surface area contributed by atoms with Gasteiger partial charge < -0.3 is 14.6 Å². The summed E-state index contributed by atoms with van der Waals surface area (Å²) in [6.07, 6.45) is 2.26. The zero-order chi connectivity index (χ0) is 17.0. The monoisotopic (exact) mass is 328 g/mol. The van der Waals surface area contributed by atoms with Crippen molar-refractivity contribution in [2.24, 2.45) is 9.81 Å². The quantitative estimate of drug-likeness (QED) is 0.637. The van der Waals surface area contributed by atoms with Crippen molar-refractivity contribution in [2.75, 3.05) is 0 Å². The Kier molecular flexibility index (Phi) is 4.10. The van der Waals surface area contributed by atoms with Crippen LogP contribution in [0.2, 0.25) is 0 Å². The molecule has 0 aromatic rings.